The van der Waals surface area contributed by atoms with Gasteiger partial charge in [0.25, 0.3) is 10.0 Å². The van der Waals surface area contributed by atoms with Crippen LogP contribution in [0, 0.1) is 0 Å². The largest absolute Gasteiger partial charge is 0.416 e. The quantitative estimate of drug-likeness (QED) is 0.746. The van der Waals surface area contributed by atoms with Crippen molar-refractivity contribution in [3.63, 3.8) is 0 Å². The maximum atomic E-state index is 12.8. The molecule has 29 heavy (non-hydrogen) atoms. The monoisotopic (exact) mass is 467 g/mol. The Hall–Kier alpha value is -1.82. The third-order valence-electron chi connectivity index (χ3n) is 4.37. The fourth-order valence-corrected chi connectivity index (χ4v) is 5.90. The van der Waals surface area contributed by atoms with Crippen molar-refractivity contribution in [1.29, 1.82) is 0 Å². The van der Waals surface area contributed by atoms with E-state index in [9.17, 15) is 26.4 Å². The third kappa shape index (κ3) is 5.21. The van der Waals surface area contributed by atoms with Crippen molar-refractivity contribution in [2.45, 2.75) is 16.9 Å². The van der Waals surface area contributed by atoms with Crippen LogP contribution in [0.4, 0.5) is 18.0 Å². The highest BCUT2D eigenvalue weighted by molar-refractivity contribution is 7.91. The number of amides is 2. The van der Waals surface area contributed by atoms with E-state index in [2.05, 4.69) is 5.32 Å². The summed E-state index contributed by atoms with van der Waals surface area (Å²) in [6.07, 6.45) is -4.45. The zero-order chi connectivity index (χ0) is 21.2. The minimum absolute atomic E-state index is 0.0606. The lowest BCUT2D eigenvalue weighted by Gasteiger charge is -2.33. The first-order chi connectivity index (χ1) is 13.6. The highest BCUT2D eigenvalue weighted by Gasteiger charge is 2.32. The van der Waals surface area contributed by atoms with E-state index in [0.717, 1.165) is 23.5 Å². The summed E-state index contributed by atoms with van der Waals surface area (Å²) in [5.74, 6) is 0. The van der Waals surface area contributed by atoms with Gasteiger partial charge in [-0.25, -0.2) is 13.2 Å². The molecule has 0 spiro atoms. The van der Waals surface area contributed by atoms with Gasteiger partial charge in [0.2, 0.25) is 0 Å². The number of nitrogens with one attached hydrogen (secondary N) is 1. The topological polar surface area (TPSA) is 69.7 Å². The number of halogens is 4. The van der Waals surface area contributed by atoms with Crippen LogP contribution in [0.25, 0.3) is 0 Å². The van der Waals surface area contributed by atoms with Crippen LogP contribution in [0.15, 0.2) is 40.6 Å². The Morgan fingerprint density at radius 1 is 1.14 bits per heavy atom. The van der Waals surface area contributed by atoms with E-state index in [0.29, 0.717) is 9.90 Å². The van der Waals surface area contributed by atoms with Crippen LogP contribution in [-0.2, 0) is 22.7 Å². The first-order valence-electron chi connectivity index (χ1n) is 8.52. The number of piperazine rings is 1. The molecule has 12 heteroatoms. The highest BCUT2D eigenvalue weighted by atomic mass is 35.5. The molecular weight excluding hydrogens is 451 g/mol. The van der Waals surface area contributed by atoms with Crippen LogP contribution < -0.4 is 5.32 Å². The van der Waals surface area contributed by atoms with Gasteiger partial charge >= 0.3 is 12.2 Å². The van der Waals surface area contributed by atoms with Crippen molar-refractivity contribution in [2.24, 2.45) is 0 Å². The number of sulfonamides is 1. The summed E-state index contributed by atoms with van der Waals surface area (Å²) in [6, 6.07) is 7.21. The van der Waals surface area contributed by atoms with Crippen molar-refractivity contribution < 1.29 is 26.4 Å². The van der Waals surface area contributed by atoms with Gasteiger partial charge in [0.1, 0.15) is 4.21 Å². The van der Waals surface area contributed by atoms with E-state index >= 15 is 0 Å². The summed E-state index contributed by atoms with van der Waals surface area (Å²) in [7, 11) is -3.66. The average Bonchev–Trinajstić information content (AvgIpc) is 3.13. The molecule has 0 radical (unpaired) electrons. The molecule has 0 atom stereocenters. The first kappa shape index (κ1) is 21.9. The second kappa shape index (κ2) is 8.50. The molecule has 1 aromatic heterocycles. The van der Waals surface area contributed by atoms with Gasteiger partial charge in [-0.05, 0) is 29.8 Å². The van der Waals surface area contributed by atoms with Crippen molar-refractivity contribution in [3.05, 3.63) is 51.9 Å². The van der Waals surface area contributed by atoms with Crippen LogP contribution in [0.2, 0.25) is 4.34 Å². The minimum atomic E-state index is -4.45. The second-order valence-electron chi connectivity index (χ2n) is 6.31. The molecule has 1 aliphatic heterocycles. The summed E-state index contributed by atoms with van der Waals surface area (Å²) in [5, 5.41) is 2.57. The fourth-order valence-electron chi connectivity index (χ4n) is 2.84. The molecule has 1 aliphatic rings. The predicted octanol–water partition coefficient (Wildman–Crippen LogP) is 3.64. The lowest BCUT2D eigenvalue weighted by atomic mass is 10.1. The number of alkyl halides is 3. The lowest BCUT2D eigenvalue weighted by Crippen LogP contribution is -2.52. The number of carbonyl (C=O) groups excluding carboxylic acids is 1. The summed E-state index contributed by atoms with van der Waals surface area (Å²) >= 11 is 6.77. The normalized spacial score (nSPS) is 16.1. The molecule has 2 heterocycles. The fraction of sp³-hybridized carbons (Fsp3) is 0.353. The number of nitrogens with zero attached hydrogens (tertiary/aromatic N) is 2. The van der Waals surface area contributed by atoms with Crippen molar-refractivity contribution in [3.8, 4) is 0 Å². The SMILES string of the molecule is O=C(NCc1cccc(C(F)(F)F)c1)N1CCN(S(=O)(=O)c2ccc(Cl)s2)CC1. The Morgan fingerprint density at radius 2 is 1.83 bits per heavy atom. The maximum absolute atomic E-state index is 12.8. The number of thiophene rings is 1. The zero-order valence-electron chi connectivity index (χ0n) is 14.9. The van der Waals surface area contributed by atoms with E-state index in [1.54, 1.807) is 0 Å². The van der Waals surface area contributed by atoms with E-state index < -0.39 is 27.8 Å². The van der Waals surface area contributed by atoms with Gasteiger partial charge in [0.15, 0.2) is 0 Å². The van der Waals surface area contributed by atoms with Gasteiger partial charge in [0.05, 0.1) is 9.90 Å². The molecular formula is C17H17ClF3N3O3S2. The van der Waals surface area contributed by atoms with Crippen LogP contribution in [0.1, 0.15) is 11.1 Å². The van der Waals surface area contributed by atoms with Crippen molar-refractivity contribution >= 4 is 39.0 Å². The van der Waals surface area contributed by atoms with Crippen molar-refractivity contribution in [1.82, 2.24) is 14.5 Å². The zero-order valence-corrected chi connectivity index (χ0v) is 17.3. The molecule has 6 nitrogen and oxygen atoms in total. The first-order valence-corrected chi connectivity index (χ1v) is 11.2. The molecule has 0 aliphatic carbocycles. The number of urea groups is 1. The summed E-state index contributed by atoms with van der Waals surface area (Å²) in [4.78, 5) is 13.7. The van der Waals surface area contributed by atoms with Gasteiger partial charge in [0, 0.05) is 32.7 Å². The molecule has 158 valence electrons. The predicted molar refractivity (Wildman–Crippen MR) is 103 cm³/mol. The van der Waals surface area contributed by atoms with Crippen molar-refractivity contribution in [2.75, 3.05) is 26.2 Å². The molecule has 1 N–H and O–H groups in total. The number of carbonyl (C=O) groups is 1. The molecule has 3 rings (SSSR count). The number of hydrogen-bond donors (Lipinski definition) is 1. The Labute approximate surface area is 174 Å². The second-order valence-corrected chi connectivity index (χ2v) is 10.2. The van der Waals surface area contributed by atoms with E-state index in [1.165, 1.54) is 33.5 Å². The van der Waals surface area contributed by atoms with Crippen LogP contribution >= 0.6 is 22.9 Å². The minimum Gasteiger partial charge on any atom is -0.334 e. The molecule has 2 amide bonds. The average molecular weight is 468 g/mol. The Balaban J connectivity index is 1.54. The van der Waals surface area contributed by atoms with Crippen LogP contribution in [0.3, 0.4) is 0 Å². The van der Waals surface area contributed by atoms with E-state index in [1.807, 2.05) is 0 Å². The van der Waals surface area contributed by atoms with Gasteiger partial charge < -0.3 is 10.2 Å². The van der Waals surface area contributed by atoms with Gasteiger partial charge in [-0.3, -0.25) is 0 Å². The summed E-state index contributed by atoms with van der Waals surface area (Å²) in [5.41, 5.74) is -0.458. The maximum Gasteiger partial charge on any atom is 0.416 e. The summed E-state index contributed by atoms with van der Waals surface area (Å²) in [6.45, 7) is 0.526. The molecule has 2 aromatic rings. The Bertz CT molecular complexity index is 987. The van der Waals surface area contributed by atoms with Crippen LogP contribution in [-0.4, -0.2) is 49.8 Å². The summed E-state index contributed by atoms with van der Waals surface area (Å²) < 4.78 is 65.2. The number of benzene rings is 1. The molecule has 1 aromatic carbocycles. The molecule has 1 fully saturated rings. The molecule has 0 bridgehead atoms. The smallest absolute Gasteiger partial charge is 0.334 e. The third-order valence-corrected chi connectivity index (χ3v) is 7.96. The molecule has 0 unspecified atom stereocenters. The number of hydrogen-bond acceptors (Lipinski definition) is 4. The Morgan fingerprint density at radius 3 is 2.41 bits per heavy atom. The van der Waals surface area contributed by atoms with Gasteiger partial charge in [-0.2, -0.15) is 17.5 Å². The van der Waals surface area contributed by atoms with Gasteiger partial charge in [-0.15, -0.1) is 11.3 Å². The highest BCUT2D eigenvalue weighted by Crippen LogP contribution is 2.30. The Kier molecular flexibility index (Phi) is 6.42. The van der Waals surface area contributed by atoms with E-state index in [-0.39, 0.29) is 36.9 Å². The van der Waals surface area contributed by atoms with E-state index in [4.69, 9.17) is 11.6 Å². The standard InChI is InChI=1S/C17H17ClF3N3O3S2/c18-14-4-5-15(28-14)29(26,27)24-8-6-23(7-9-24)16(25)22-11-12-2-1-3-13(10-12)17(19,20)21/h1-5,10H,6-9,11H2,(H,22,25). The molecule has 0 saturated carbocycles. The molecule has 1 saturated heterocycles. The lowest BCUT2D eigenvalue weighted by molar-refractivity contribution is -0.137. The van der Waals surface area contributed by atoms with Gasteiger partial charge in [-0.1, -0.05) is 23.7 Å². The van der Waals surface area contributed by atoms with Crippen LogP contribution in [0.5, 0.6) is 0 Å². The number of rotatable bonds is 4.